The van der Waals surface area contributed by atoms with Crippen LogP contribution in [0.3, 0.4) is 0 Å². The maximum Gasteiger partial charge on any atom is 0.375 e. The Morgan fingerprint density at radius 2 is 1.73 bits per heavy atom. The molecule has 0 heterocycles. The number of hydrogen-bond donors (Lipinski definition) is 4. The van der Waals surface area contributed by atoms with Crippen molar-refractivity contribution in [2.45, 2.75) is 12.2 Å². The van der Waals surface area contributed by atoms with Crippen LogP contribution in [0.2, 0.25) is 0 Å². The van der Waals surface area contributed by atoms with Crippen molar-refractivity contribution in [1.29, 1.82) is 0 Å². The van der Waals surface area contributed by atoms with Crippen LogP contribution in [-0.4, -0.2) is 51.0 Å². The van der Waals surface area contributed by atoms with Crippen molar-refractivity contribution in [2.24, 2.45) is 0 Å². The molecule has 0 saturated heterocycles. The van der Waals surface area contributed by atoms with Crippen molar-refractivity contribution in [1.82, 2.24) is 0 Å². The van der Waals surface area contributed by atoms with Gasteiger partial charge in [0, 0.05) is 0 Å². The first kappa shape index (κ1) is 10.0. The first-order valence-corrected chi connectivity index (χ1v) is 2.74. The van der Waals surface area contributed by atoms with Gasteiger partial charge in [-0.05, 0) is 0 Å². The van der Waals surface area contributed by atoms with Crippen LogP contribution in [-0.2, 0) is 9.59 Å². The Morgan fingerprint density at radius 1 is 1.27 bits per heavy atom. The number of aliphatic carboxylic acids is 1. The molecule has 0 bridgehead atoms. The highest BCUT2D eigenvalue weighted by atomic mass is 16.4. The van der Waals surface area contributed by atoms with Gasteiger partial charge in [-0.2, -0.15) is 0 Å². The van der Waals surface area contributed by atoms with Crippen LogP contribution in [0, 0.1) is 0 Å². The number of aliphatic hydroxyl groups is 3. The number of hydrogen-bond acceptors (Lipinski definition) is 5. The first-order chi connectivity index (χ1) is 5.00. The lowest BCUT2D eigenvalue weighted by atomic mass is 10.1. The molecule has 0 rings (SSSR count). The fraction of sp³-hybridized carbons (Fsp3) is 0.600. The average molecular weight is 164 g/mol. The average Bonchev–Trinajstić information content (AvgIpc) is 2.00. The van der Waals surface area contributed by atoms with Crippen LogP contribution in [0.15, 0.2) is 0 Å². The van der Waals surface area contributed by atoms with Crippen molar-refractivity contribution < 1.29 is 30.0 Å². The molecule has 0 aliphatic heterocycles. The number of carboxylic acids is 1. The van der Waals surface area contributed by atoms with Gasteiger partial charge in [0.25, 0.3) is 5.78 Å². The van der Waals surface area contributed by atoms with Crippen LogP contribution >= 0.6 is 0 Å². The molecule has 2 atom stereocenters. The lowest BCUT2D eigenvalue weighted by Crippen LogP contribution is -2.40. The molecule has 64 valence electrons. The molecule has 0 radical (unpaired) electrons. The van der Waals surface area contributed by atoms with Crippen molar-refractivity contribution in [3.8, 4) is 0 Å². The second kappa shape index (κ2) is 4.02. The second-order valence-electron chi connectivity index (χ2n) is 1.86. The normalized spacial score (nSPS) is 15.5. The maximum atomic E-state index is 10.3. The molecule has 0 aliphatic rings. The highest BCUT2D eigenvalue weighted by Gasteiger charge is 2.28. The van der Waals surface area contributed by atoms with E-state index < -0.39 is 30.6 Å². The molecule has 0 amide bonds. The van der Waals surface area contributed by atoms with Crippen LogP contribution in [0.5, 0.6) is 0 Å². The smallest absolute Gasteiger partial charge is 0.375 e. The number of carbonyl (C=O) groups is 2. The van der Waals surface area contributed by atoms with Gasteiger partial charge in [0.2, 0.25) is 0 Å². The Labute approximate surface area is 61.7 Å². The molecule has 0 aliphatic carbocycles. The summed E-state index contributed by atoms with van der Waals surface area (Å²) >= 11 is 0. The summed E-state index contributed by atoms with van der Waals surface area (Å²) in [5, 5.41) is 33.4. The zero-order chi connectivity index (χ0) is 9.02. The largest absolute Gasteiger partial charge is 0.475 e. The van der Waals surface area contributed by atoms with Crippen molar-refractivity contribution in [2.75, 3.05) is 6.61 Å². The van der Waals surface area contributed by atoms with E-state index in [0.717, 1.165) is 0 Å². The summed E-state index contributed by atoms with van der Waals surface area (Å²) in [7, 11) is 0. The summed E-state index contributed by atoms with van der Waals surface area (Å²) in [5.74, 6) is -3.38. The van der Waals surface area contributed by atoms with Crippen molar-refractivity contribution >= 4 is 11.8 Å². The van der Waals surface area contributed by atoms with E-state index in [4.69, 9.17) is 20.4 Å². The van der Waals surface area contributed by atoms with E-state index in [9.17, 15) is 9.59 Å². The van der Waals surface area contributed by atoms with Gasteiger partial charge in [0.05, 0.1) is 6.61 Å². The lowest BCUT2D eigenvalue weighted by molar-refractivity contribution is -0.156. The summed E-state index contributed by atoms with van der Waals surface area (Å²) < 4.78 is 0. The molecule has 11 heavy (non-hydrogen) atoms. The van der Waals surface area contributed by atoms with Gasteiger partial charge in [-0.15, -0.1) is 0 Å². The fourth-order valence-electron chi connectivity index (χ4n) is 0.401. The minimum absolute atomic E-state index is 0.861. The summed E-state index contributed by atoms with van der Waals surface area (Å²) in [6.45, 7) is -0.861. The van der Waals surface area contributed by atoms with Gasteiger partial charge in [-0.3, -0.25) is 4.79 Å². The number of carboxylic acid groups (broad SMARTS) is 1. The van der Waals surface area contributed by atoms with E-state index in [-0.39, 0.29) is 0 Å². The van der Waals surface area contributed by atoms with Gasteiger partial charge < -0.3 is 20.4 Å². The molecule has 0 aromatic heterocycles. The van der Waals surface area contributed by atoms with E-state index in [1.165, 1.54) is 0 Å². The molecule has 4 N–H and O–H groups in total. The SMILES string of the molecule is O=C(O)C(=O)[C@H](O)[C@H](O)CO. The number of ketones is 1. The zero-order valence-corrected chi connectivity index (χ0v) is 5.47. The summed E-state index contributed by atoms with van der Waals surface area (Å²) in [6.07, 6.45) is -3.80. The van der Waals surface area contributed by atoms with E-state index in [1.807, 2.05) is 0 Å². The van der Waals surface area contributed by atoms with Crippen LogP contribution in [0.1, 0.15) is 0 Å². The summed E-state index contributed by atoms with van der Waals surface area (Å²) in [6, 6.07) is 0. The second-order valence-corrected chi connectivity index (χ2v) is 1.86. The number of carbonyl (C=O) groups excluding carboxylic acids is 1. The number of rotatable bonds is 4. The van der Waals surface area contributed by atoms with E-state index in [2.05, 4.69) is 0 Å². The van der Waals surface area contributed by atoms with Gasteiger partial charge >= 0.3 is 5.97 Å². The summed E-state index contributed by atoms with van der Waals surface area (Å²) in [4.78, 5) is 20.2. The molecule has 6 nitrogen and oxygen atoms in total. The van der Waals surface area contributed by atoms with Gasteiger partial charge in [0.1, 0.15) is 6.10 Å². The third-order valence-corrected chi connectivity index (χ3v) is 1.03. The third-order valence-electron chi connectivity index (χ3n) is 1.03. The Balaban J connectivity index is 4.13. The highest BCUT2D eigenvalue weighted by Crippen LogP contribution is 1.93. The quantitative estimate of drug-likeness (QED) is 0.337. The van der Waals surface area contributed by atoms with E-state index >= 15 is 0 Å². The van der Waals surface area contributed by atoms with Gasteiger partial charge in [-0.25, -0.2) is 4.79 Å². The molecular formula is C5H8O6. The van der Waals surface area contributed by atoms with E-state index in [1.54, 1.807) is 0 Å². The standard InChI is InChI=1S/C5H8O6/c6-1-2(7)3(8)4(9)5(10)11/h2-3,6-8H,1H2,(H,10,11)/t2-,3-/m1/s1. The summed E-state index contributed by atoms with van der Waals surface area (Å²) in [5.41, 5.74) is 0. The van der Waals surface area contributed by atoms with Crippen LogP contribution in [0.25, 0.3) is 0 Å². The van der Waals surface area contributed by atoms with Gasteiger partial charge in [0.15, 0.2) is 6.10 Å². The molecule has 0 aromatic carbocycles. The first-order valence-electron chi connectivity index (χ1n) is 2.74. The number of Topliss-reactive ketones (excluding diaryl/α,β-unsaturated/α-hetero) is 1. The molecule has 0 fully saturated rings. The molecule has 6 heteroatoms. The Hall–Kier alpha value is -0.980. The predicted molar refractivity (Wildman–Crippen MR) is 31.7 cm³/mol. The minimum Gasteiger partial charge on any atom is -0.475 e. The topological polar surface area (TPSA) is 115 Å². The molecule has 0 aromatic rings. The number of aliphatic hydroxyl groups excluding tert-OH is 3. The lowest BCUT2D eigenvalue weighted by Gasteiger charge is -2.10. The van der Waals surface area contributed by atoms with Crippen molar-refractivity contribution in [3.63, 3.8) is 0 Å². The molecule has 0 spiro atoms. The Bertz CT molecular complexity index is 164. The van der Waals surface area contributed by atoms with Crippen LogP contribution < -0.4 is 0 Å². The third kappa shape index (κ3) is 2.62. The Kier molecular flexibility index (Phi) is 3.66. The van der Waals surface area contributed by atoms with E-state index in [0.29, 0.717) is 0 Å². The monoisotopic (exact) mass is 164 g/mol. The van der Waals surface area contributed by atoms with Gasteiger partial charge in [-0.1, -0.05) is 0 Å². The Morgan fingerprint density at radius 3 is 2.00 bits per heavy atom. The van der Waals surface area contributed by atoms with Crippen molar-refractivity contribution in [3.05, 3.63) is 0 Å². The van der Waals surface area contributed by atoms with Crippen LogP contribution in [0.4, 0.5) is 0 Å². The maximum absolute atomic E-state index is 10.3. The molecular weight excluding hydrogens is 156 g/mol. The fourth-order valence-corrected chi connectivity index (χ4v) is 0.401. The predicted octanol–water partition coefficient (Wildman–Crippen LogP) is -2.65. The molecule has 0 unspecified atom stereocenters. The molecule has 0 saturated carbocycles. The highest BCUT2D eigenvalue weighted by molar-refractivity contribution is 6.34. The zero-order valence-electron chi connectivity index (χ0n) is 5.47. The minimum atomic E-state index is -2.06.